The predicted octanol–water partition coefficient (Wildman–Crippen LogP) is 2.87. The zero-order chi connectivity index (χ0) is 20.1. The molecular weight excluding hydrogens is 365 g/mol. The average Bonchev–Trinajstić information content (AvgIpc) is 2.66. The van der Waals surface area contributed by atoms with Gasteiger partial charge in [0.15, 0.2) is 0 Å². The van der Waals surface area contributed by atoms with Crippen molar-refractivity contribution in [3.8, 4) is 0 Å². The lowest BCUT2D eigenvalue weighted by molar-refractivity contribution is -0.384. The van der Waals surface area contributed by atoms with Crippen LogP contribution in [0.5, 0.6) is 0 Å². The van der Waals surface area contributed by atoms with Crippen LogP contribution in [0.3, 0.4) is 0 Å². The van der Waals surface area contributed by atoms with E-state index in [1.54, 1.807) is 24.3 Å². The molecule has 0 atom stereocenters. The van der Waals surface area contributed by atoms with Crippen molar-refractivity contribution in [1.82, 2.24) is 10.3 Å². The number of aryl methyl sites for hydroxylation is 1. The van der Waals surface area contributed by atoms with Crippen molar-refractivity contribution >= 4 is 22.5 Å². The number of nitro benzene ring substituents is 1. The van der Waals surface area contributed by atoms with Gasteiger partial charge in [-0.05, 0) is 48.1 Å². The lowest BCUT2D eigenvalue weighted by Gasteiger charge is -2.06. The zero-order valence-corrected chi connectivity index (χ0v) is 14.9. The van der Waals surface area contributed by atoms with Crippen molar-refractivity contribution in [2.75, 3.05) is 6.54 Å². The molecule has 0 aliphatic rings. The summed E-state index contributed by atoms with van der Waals surface area (Å²) in [5.74, 6) is -0.621. The number of nitrogens with one attached hydrogen (secondary N) is 2. The van der Waals surface area contributed by atoms with Gasteiger partial charge in [-0.15, -0.1) is 0 Å². The minimum absolute atomic E-state index is 0.0242. The van der Waals surface area contributed by atoms with Gasteiger partial charge >= 0.3 is 0 Å². The number of halogens is 1. The van der Waals surface area contributed by atoms with Crippen molar-refractivity contribution in [2.45, 2.75) is 19.3 Å². The fourth-order valence-electron chi connectivity index (χ4n) is 2.87. The lowest BCUT2D eigenvalue weighted by atomic mass is 10.1. The van der Waals surface area contributed by atoms with Crippen molar-refractivity contribution in [3.05, 3.63) is 85.9 Å². The number of aromatic nitrogens is 1. The summed E-state index contributed by atoms with van der Waals surface area (Å²) in [4.78, 5) is 36.9. The summed E-state index contributed by atoms with van der Waals surface area (Å²) in [6, 6.07) is 12.0. The molecule has 0 bridgehead atoms. The number of rotatable bonds is 7. The molecule has 1 heterocycles. The molecule has 0 aliphatic heterocycles. The minimum Gasteiger partial charge on any atom is -0.356 e. The maximum atomic E-state index is 13.2. The number of nitrogens with zero attached hydrogens (tertiary/aromatic N) is 1. The number of non-ortho nitro benzene ring substituents is 1. The van der Waals surface area contributed by atoms with E-state index in [9.17, 15) is 24.1 Å². The molecule has 2 aromatic carbocycles. The standard InChI is InChI=1S/C20H18FN3O4/c21-16-5-3-14-11-15(20(26)23-18(14)12-16)4-8-19(25)22-10-9-13-1-6-17(7-2-13)24(27)28/h1-3,5-7,11-12H,4,8-10H2,(H,22,25)(H,23,26). The molecule has 7 nitrogen and oxygen atoms in total. The van der Waals surface area contributed by atoms with E-state index in [1.165, 1.54) is 24.3 Å². The van der Waals surface area contributed by atoms with Gasteiger partial charge in [-0.3, -0.25) is 19.7 Å². The maximum absolute atomic E-state index is 13.2. The number of benzene rings is 2. The van der Waals surface area contributed by atoms with Crippen molar-refractivity contribution in [2.24, 2.45) is 0 Å². The Morgan fingerprint density at radius 3 is 2.57 bits per heavy atom. The molecule has 0 radical (unpaired) electrons. The van der Waals surface area contributed by atoms with Crippen LogP contribution in [0.1, 0.15) is 17.5 Å². The van der Waals surface area contributed by atoms with E-state index in [-0.39, 0.29) is 30.0 Å². The highest BCUT2D eigenvalue weighted by Crippen LogP contribution is 2.14. The number of hydrogen-bond acceptors (Lipinski definition) is 4. The van der Waals surface area contributed by atoms with Gasteiger partial charge in [-0.1, -0.05) is 12.1 Å². The number of hydrogen-bond donors (Lipinski definition) is 2. The summed E-state index contributed by atoms with van der Waals surface area (Å²) in [7, 11) is 0. The summed E-state index contributed by atoms with van der Waals surface area (Å²) in [5, 5.41) is 14.1. The van der Waals surface area contributed by atoms with Gasteiger partial charge in [0.1, 0.15) is 5.82 Å². The normalized spacial score (nSPS) is 10.8. The smallest absolute Gasteiger partial charge is 0.269 e. The van der Waals surface area contributed by atoms with Crippen LogP contribution < -0.4 is 10.9 Å². The van der Waals surface area contributed by atoms with Gasteiger partial charge < -0.3 is 10.3 Å². The van der Waals surface area contributed by atoms with E-state index in [0.29, 0.717) is 29.4 Å². The second-order valence-corrected chi connectivity index (χ2v) is 6.38. The minimum atomic E-state index is -0.462. The molecule has 0 aliphatic carbocycles. The topological polar surface area (TPSA) is 105 Å². The largest absolute Gasteiger partial charge is 0.356 e. The Bertz CT molecular complexity index is 1080. The molecule has 3 rings (SSSR count). The van der Waals surface area contributed by atoms with Crippen molar-refractivity contribution in [1.29, 1.82) is 0 Å². The van der Waals surface area contributed by atoms with Gasteiger partial charge in [-0.25, -0.2) is 4.39 Å². The molecule has 28 heavy (non-hydrogen) atoms. The number of carbonyl (C=O) groups excluding carboxylic acids is 1. The van der Waals surface area contributed by atoms with Crippen LogP contribution in [-0.4, -0.2) is 22.4 Å². The first-order valence-electron chi connectivity index (χ1n) is 8.74. The van der Waals surface area contributed by atoms with Gasteiger partial charge in [0.2, 0.25) is 5.91 Å². The first kappa shape index (κ1) is 19.2. The number of carbonyl (C=O) groups is 1. The van der Waals surface area contributed by atoms with E-state index in [2.05, 4.69) is 10.3 Å². The summed E-state index contributed by atoms with van der Waals surface area (Å²) in [6.45, 7) is 0.393. The van der Waals surface area contributed by atoms with Crippen molar-refractivity contribution in [3.63, 3.8) is 0 Å². The number of pyridine rings is 1. The van der Waals surface area contributed by atoms with E-state index in [0.717, 1.165) is 5.56 Å². The first-order chi connectivity index (χ1) is 13.4. The molecule has 8 heteroatoms. The third-order valence-electron chi connectivity index (χ3n) is 4.39. The highest BCUT2D eigenvalue weighted by Gasteiger charge is 2.08. The summed E-state index contributed by atoms with van der Waals surface area (Å²) in [5.41, 5.74) is 1.45. The van der Waals surface area contributed by atoms with E-state index in [4.69, 9.17) is 0 Å². The van der Waals surface area contributed by atoms with Crippen LogP contribution in [0, 0.1) is 15.9 Å². The monoisotopic (exact) mass is 383 g/mol. The highest BCUT2D eigenvalue weighted by atomic mass is 19.1. The fourth-order valence-corrected chi connectivity index (χ4v) is 2.87. The Balaban J connectivity index is 1.51. The Morgan fingerprint density at radius 2 is 1.86 bits per heavy atom. The molecule has 0 fully saturated rings. The van der Waals surface area contributed by atoms with Gasteiger partial charge in [0.05, 0.1) is 10.4 Å². The van der Waals surface area contributed by atoms with Gasteiger partial charge in [0, 0.05) is 30.7 Å². The van der Waals surface area contributed by atoms with E-state index >= 15 is 0 Å². The summed E-state index contributed by atoms with van der Waals surface area (Å²) < 4.78 is 13.2. The van der Waals surface area contributed by atoms with Crippen LogP contribution in [0.25, 0.3) is 10.9 Å². The Kier molecular flexibility index (Phi) is 5.78. The quantitative estimate of drug-likeness (QED) is 0.483. The molecule has 3 aromatic rings. The van der Waals surface area contributed by atoms with Crippen LogP contribution in [0.2, 0.25) is 0 Å². The maximum Gasteiger partial charge on any atom is 0.269 e. The predicted molar refractivity (Wildman–Crippen MR) is 103 cm³/mol. The summed E-state index contributed by atoms with van der Waals surface area (Å²) >= 11 is 0. The Labute approximate surface area is 159 Å². The highest BCUT2D eigenvalue weighted by molar-refractivity contribution is 5.79. The third kappa shape index (κ3) is 4.79. The summed E-state index contributed by atoms with van der Waals surface area (Å²) in [6.07, 6.45) is 0.966. The Morgan fingerprint density at radius 1 is 1.11 bits per heavy atom. The average molecular weight is 383 g/mol. The molecule has 0 unspecified atom stereocenters. The molecule has 0 saturated heterocycles. The molecule has 1 amide bonds. The molecule has 1 aromatic heterocycles. The molecular formula is C20H18FN3O4. The molecule has 2 N–H and O–H groups in total. The van der Waals surface area contributed by atoms with Gasteiger partial charge in [-0.2, -0.15) is 0 Å². The zero-order valence-electron chi connectivity index (χ0n) is 14.9. The molecule has 0 saturated carbocycles. The first-order valence-corrected chi connectivity index (χ1v) is 8.74. The third-order valence-corrected chi connectivity index (χ3v) is 4.39. The number of H-pyrrole nitrogens is 1. The fraction of sp³-hybridized carbons (Fsp3) is 0.200. The lowest BCUT2D eigenvalue weighted by Crippen LogP contribution is -2.26. The van der Waals surface area contributed by atoms with E-state index < -0.39 is 10.7 Å². The van der Waals surface area contributed by atoms with Crippen LogP contribution in [0.4, 0.5) is 10.1 Å². The number of aromatic amines is 1. The van der Waals surface area contributed by atoms with Gasteiger partial charge in [0.25, 0.3) is 11.2 Å². The second-order valence-electron chi connectivity index (χ2n) is 6.38. The molecule has 0 spiro atoms. The molecule has 144 valence electrons. The van der Waals surface area contributed by atoms with E-state index in [1.807, 2.05) is 0 Å². The number of amides is 1. The SMILES string of the molecule is O=C(CCc1cc2ccc(F)cc2[nH]c1=O)NCCc1ccc([N+](=O)[O-])cc1. The number of nitro groups is 1. The number of fused-ring (bicyclic) bond motifs is 1. The van der Waals surface area contributed by atoms with Crippen molar-refractivity contribution < 1.29 is 14.1 Å². The van der Waals surface area contributed by atoms with Crippen LogP contribution in [-0.2, 0) is 17.6 Å². The van der Waals surface area contributed by atoms with Crippen LogP contribution >= 0.6 is 0 Å². The van der Waals surface area contributed by atoms with Crippen LogP contribution in [0.15, 0.2) is 53.3 Å². The Hall–Kier alpha value is -3.55. The second kappa shape index (κ2) is 8.43.